The second-order valence-electron chi connectivity index (χ2n) is 4.75. The van der Waals surface area contributed by atoms with Crippen LogP contribution in [0.1, 0.15) is 5.69 Å². The molecule has 0 aliphatic carbocycles. The molecule has 7 heteroatoms. The number of rotatable bonds is 5. The van der Waals surface area contributed by atoms with E-state index in [4.69, 9.17) is 4.74 Å². The standard InChI is InChI=1S/C15H16N2O4S/c1-22(19,20)10-9-12-7-8-13(11-16-12)17-15(18)21-14-5-3-2-4-6-14/h2-8,11H,9-10H2,1H3,(H,17,18). The number of ether oxygens (including phenoxy) is 1. The van der Waals surface area contributed by atoms with E-state index in [1.165, 1.54) is 12.5 Å². The maximum atomic E-state index is 11.7. The zero-order chi connectivity index (χ0) is 16.0. The van der Waals surface area contributed by atoms with E-state index in [9.17, 15) is 13.2 Å². The summed E-state index contributed by atoms with van der Waals surface area (Å²) in [6.45, 7) is 0. The Bertz CT molecular complexity index is 728. The number of nitrogens with zero attached hydrogens (tertiary/aromatic N) is 1. The maximum Gasteiger partial charge on any atom is 0.417 e. The molecule has 0 radical (unpaired) electrons. The number of sulfone groups is 1. The molecule has 2 aromatic rings. The Morgan fingerprint density at radius 2 is 1.91 bits per heavy atom. The van der Waals surface area contributed by atoms with Crippen LogP contribution in [0, 0.1) is 0 Å². The fourth-order valence-corrected chi connectivity index (χ4v) is 2.26. The van der Waals surface area contributed by atoms with Gasteiger partial charge in [0.05, 0.1) is 17.6 Å². The lowest BCUT2D eigenvalue weighted by atomic mass is 10.3. The first-order valence-electron chi connectivity index (χ1n) is 6.59. The van der Waals surface area contributed by atoms with Crippen molar-refractivity contribution in [3.63, 3.8) is 0 Å². The summed E-state index contributed by atoms with van der Waals surface area (Å²) in [5, 5.41) is 2.55. The zero-order valence-electron chi connectivity index (χ0n) is 12.0. The van der Waals surface area contributed by atoms with E-state index in [0.29, 0.717) is 23.6 Å². The Kier molecular flexibility index (Phi) is 5.11. The number of hydrogen-bond donors (Lipinski definition) is 1. The minimum Gasteiger partial charge on any atom is -0.410 e. The highest BCUT2D eigenvalue weighted by Gasteiger charge is 2.07. The molecule has 1 N–H and O–H groups in total. The van der Waals surface area contributed by atoms with Crippen LogP contribution in [0.4, 0.5) is 10.5 Å². The average molecular weight is 320 g/mol. The summed E-state index contributed by atoms with van der Waals surface area (Å²) in [5.74, 6) is 0.487. The van der Waals surface area contributed by atoms with Crippen molar-refractivity contribution in [2.24, 2.45) is 0 Å². The predicted molar refractivity (Wildman–Crippen MR) is 83.7 cm³/mol. The minimum atomic E-state index is -3.02. The largest absolute Gasteiger partial charge is 0.417 e. The second-order valence-corrected chi connectivity index (χ2v) is 7.01. The van der Waals surface area contributed by atoms with E-state index in [-0.39, 0.29) is 5.75 Å². The van der Waals surface area contributed by atoms with Gasteiger partial charge in [0.2, 0.25) is 0 Å². The van der Waals surface area contributed by atoms with Gasteiger partial charge in [-0.3, -0.25) is 10.3 Å². The van der Waals surface area contributed by atoms with Crippen LogP contribution in [-0.4, -0.2) is 31.5 Å². The van der Waals surface area contributed by atoms with Crippen molar-refractivity contribution < 1.29 is 17.9 Å². The summed E-state index contributed by atoms with van der Waals surface area (Å²) in [6.07, 6.45) is 2.37. The summed E-state index contributed by atoms with van der Waals surface area (Å²) < 4.78 is 27.3. The van der Waals surface area contributed by atoms with E-state index in [0.717, 1.165) is 0 Å². The molecule has 0 spiro atoms. The van der Waals surface area contributed by atoms with Crippen molar-refractivity contribution >= 4 is 21.6 Å². The van der Waals surface area contributed by atoms with Crippen molar-refractivity contribution in [1.29, 1.82) is 0 Å². The number of amides is 1. The Morgan fingerprint density at radius 1 is 1.18 bits per heavy atom. The minimum absolute atomic E-state index is 0.0445. The lowest BCUT2D eigenvalue weighted by molar-refractivity contribution is 0.215. The van der Waals surface area contributed by atoms with E-state index in [2.05, 4.69) is 10.3 Å². The normalized spacial score (nSPS) is 11.0. The van der Waals surface area contributed by atoms with Gasteiger partial charge in [0.1, 0.15) is 15.6 Å². The number of carbonyl (C=O) groups excluding carboxylic acids is 1. The molecule has 0 saturated carbocycles. The number of pyridine rings is 1. The Labute approximate surface area is 129 Å². The van der Waals surface area contributed by atoms with Crippen molar-refractivity contribution in [3.05, 3.63) is 54.4 Å². The number of hydrogen-bond acceptors (Lipinski definition) is 5. The van der Waals surface area contributed by atoms with Crippen LogP contribution >= 0.6 is 0 Å². The van der Waals surface area contributed by atoms with Crippen LogP contribution in [0.3, 0.4) is 0 Å². The number of nitrogens with one attached hydrogen (secondary N) is 1. The van der Waals surface area contributed by atoms with E-state index in [1.54, 1.807) is 36.4 Å². The van der Waals surface area contributed by atoms with Crippen LogP contribution in [0.15, 0.2) is 48.7 Å². The summed E-state index contributed by atoms with van der Waals surface area (Å²) in [6, 6.07) is 12.0. The molecule has 0 bridgehead atoms. The van der Waals surface area contributed by atoms with Crippen molar-refractivity contribution in [1.82, 2.24) is 4.98 Å². The number of para-hydroxylation sites is 1. The van der Waals surface area contributed by atoms with Crippen molar-refractivity contribution in [2.75, 3.05) is 17.3 Å². The molecule has 1 aromatic carbocycles. The third kappa shape index (κ3) is 5.53. The Balaban J connectivity index is 1.89. The molecule has 0 atom stereocenters. The van der Waals surface area contributed by atoms with Gasteiger partial charge in [-0.1, -0.05) is 18.2 Å². The second kappa shape index (κ2) is 7.04. The van der Waals surface area contributed by atoms with Crippen molar-refractivity contribution in [2.45, 2.75) is 6.42 Å². The highest BCUT2D eigenvalue weighted by Crippen LogP contribution is 2.11. The molecular formula is C15H16N2O4S. The first kappa shape index (κ1) is 16.0. The Hall–Kier alpha value is -2.41. The third-order valence-electron chi connectivity index (χ3n) is 2.75. The van der Waals surface area contributed by atoms with Gasteiger partial charge in [0.15, 0.2) is 0 Å². The number of anilines is 1. The van der Waals surface area contributed by atoms with E-state index < -0.39 is 15.9 Å². The van der Waals surface area contributed by atoms with Gasteiger partial charge >= 0.3 is 6.09 Å². The molecule has 6 nitrogen and oxygen atoms in total. The van der Waals surface area contributed by atoms with Crippen LogP contribution in [0.2, 0.25) is 0 Å². The highest BCUT2D eigenvalue weighted by atomic mass is 32.2. The molecule has 0 aliphatic heterocycles. The van der Waals surface area contributed by atoms with Gasteiger partial charge in [-0.05, 0) is 24.3 Å². The SMILES string of the molecule is CS(=O)(=O)CCc1ccc(NC(=O)Oc2ccccc2)cn1. The molecule has 22 heavy (non-hydrogen) atoms. The predicted octanol–water partition coefficient (Wildman–Crippen LogP) is 2.28. The Morgan fingerprint density at radius 3 is 2.50 bits per heavy atom. The molecule has 1 aromatic heterocycles. The summed E-state index contributed by atoms with van der Waals surface area (Å²) in [4.78, 5) is 15.8. The lowest BCUT2D eigenvalue weighted by Gasteiger charge is -2.07. The molecule has 0 unspecified atom stereocenters. The molecule has 0 saturated heterocycles. The fourth-order valence-electron chi connectivity index (χ4n) is 1.68. The first-order chi connectivity index (χ1) is 10.4. The molecule has 0 aliphatic rings. The van der Waals surface area contributed by atoms with Gasteiger partial charge in [0.25, 0.3) is 0 Å². The average Bonchev–Trinajstić information content (AvgIpc) is 2.47. The summed E-state index contributed by atoms with van der Waals surface area (Å²) in [7, 11) is -3.02. The number of aromatic nitrogens is 1. The van der Waals surface area contributed by atoms with Crippen LogP contribution in [0.5, 0.6) is 5.75 Å². The van der Waals surface area contributed by atoms with E-state index in [1.807, 2.05) is 6.07 Å². The highest BCUT2D eigenvalue weighted by molar-refractivity contribution is 7.90. The van der Waals surface area contributed by atoms with Crippen molar-refractivity contribution in [3.8, 4) is 5.75 Å². The zero-order valence-corrected chi connectivity index (χ0v) is 12.8. The first-order valence-corrected chi connectivity index (χ1v) is 8.65. The molecule has 0 fully saturated rings. The van der Waals surface area contributed by atoms with Crippen LogP contribution in [0.25, 0.3) is 0 Å². The quantitative estimate of drug-likeness (QED) is 0.913. The monoisotopic (exact) mass is 320 g/mol. The van der Waals surface area contributed by atoms with E-state index >= 15 is 0 Å². The fraction of sp³-hybridized carbons (Fsp3) is 0.200. The topological polar surface area (TPSA) is 85.4 Å². The molecule has 116 valence electrons. The van der Waals surface area contributed by atoms with Crippen LogP contribution in [-0.2, 0) is 16.3 Å². The van der Waals surface area contributed by atoms with Gasteiger partial charge < -0.3 is 4.74 Å². The lowest BCUT2D eigenvalue weighted by Crippen LogP contribution is -2.17. The maximum absolute atomic E-state index is 11.7. The molecule has 1 heterocycles. The summed E-state index contributed by atoms with van der Waals surface area (Å²) >= 11 is 0. The number of benzene rings is 1. The molecular weight excluding hydrogens is 304 g/mol. The van der Waals surface area contributed by atoms with Gasteiger partial charge in [-0.25, -0.2) is 13.2 Å². The number of carbonyl (C=O) groups is 1. The van der Waals surface area contributed by atoms with Gasteiger partial charge in [0, 0.05) is 18.4 Å². The summed E-state index contributed by atoms with van der Waals surface area (Å²) in [5.41, 5.74) is 1.12. The van der Waals surface area contributed by atoms with Crippen LogP contribution < -0.4 is 10.1 Å². The smallest absolute Gasteiger partial charge is 0.410 e. The van der Waals surface area contributed by atoms with Gasteiger partial charge in [-0.15, -0.1) is 0 Å². The molecule has 2 rings (SSSR count). The van der Waals surface area contributed by atoms with Gasteiger partial charge in [-0.2, -0.15) is 0 Å². The molecule has 1 amide bonds. The number of aryl methyl sites for hydroxylation is 1. The third-order valence-corrected chi connectivity index (χ3v) is 3.70.